The molecule has 2 nitrogen and oxygen atoms in total. The van der Waals surface area contributed by atoms with Crippen LogP contribution in [0.5, 0.6) is 0 Å². The third-order valence-corrected chi connectivity index (χ3v) is 5.44. The van der Waals surface area contributed by atoms with Gasteiger partial charge in [-0.15, -0.1) is 11.3 Å². The van der Waals surface area contributed by atoms with Gasteiger partial charge in [0.25, 0.3) is 0 Å². The maximum Gasteiger partial charge on any atom is 0.107 e. The lowest BCUT2D eigenvalue weighted by atomic mass is 10.2. The number of rotatable bonds is 4. The van der Waals surface area contributed by atoms with Crippen molar-refractivity contribution < 1.29 is 5.11 Å². The van der Waals surface area contributed by atoms with Crippen LogP contribution in [0, 0.1) is 0 Å². The fourth-order valence-electron chi connectivity index (χ4n) is 1.52. The minimum absolute atomic E-state index is 0.00972. The Bertz CT molecular complexity index is 527. The maximum atomic E-state index is 9.48. The summed E-state index contributed by atoms with van der Waals surface area (Å²) in [6.45, 7) is 0.00972. The fraction of sp³-hybridized carbons (Fsp3) is 0.167. The SMILES string of the molecule is OCC(Nc1cccc(Br)c1)c1cc(Br)c(Cl)s1. The highest BCUT2D eigenvalue weighted by molar-refractivity contribution is 9.10. The number of hydrogen-bond acceptors (Lipinski definition) is 3. The van der Waals surface area contributed by atoms with Crippen LogP contribution in [0.15, 0.2) is 39.3 Å². The van der Waals surface area contributed by atoms with Crippen LogP contribution in [0.3, 0.4) is 0 Å². The second kappa shape index (κ2) is 6.39. The molecule has 0 saturated heterocycles. The van der Waals surface area contributed by atoms with Crippen LogP contribution in [0.1, 0.15) is 10.9 Å². The Kier molecular flexibility index (Phi) is 5.09. The molecule has 0 saturated carbocycles. The van der Waals surface area contributed by atoms with Crippen LogP contribution >= 0.6 is 54.8 Å². The average molecular weight is 412 g/mol. The zero-order valence-electron chi connectivity index (χ0n) is 9.16. The molecule has 2 N–H and O–H groups in total. The van der Waals surface area contributed by atoms with Gasteiger partial charge in [-0.25, -0.2) is 0 Å². The average Bonchev–Trinajstić information content (AvgIpc) is 2.66. The Labute approximate surface area is 131 Å². The minimum atomic E-state index is -0.159. The lowest BCUT2D eigenvalue weighted by Gasteiger charge is -2.16. The van der Waals surface area contributed by atoms with Gasteiger partial charge in [0, 0.05) is 19.5 Å². The van der Waals surface area contributed by atoms with Crippen molar-refractivity contribution in [2.45, 2.75) is 6.04 Å². The van der Waals surface area contributed by atoms with E-state index in [2.05, 4.69) is 37.2 Å². The molecule has 0 aliphatic carbocycles. The van der Waals surface area contributed by atoms with Gasteiger partial charge in [-0.3, -0.25) is 0 Å². The third kappa shape index (κ3) is 3.48. The van der Waals surface area contributed by atoms with Crippen molar-refractivity contribution in [3.05, 3.63) is 48.5 Å². The first-order chi connectivity index (χ1) is 8.60. The molecule has 1 unspecified atom stereocenters. The van der Waals surface area contributed by atoms with Crippen molar-refractivity contribution >= 4 is 60.5 Å². The lowest BCUT2D eigenvalue weighted by Crippen LogP contribution is -2.13. The van der Waals surface area contributed by atoms with E-state index in [0.29, 0.717) is 4.34 Å². The number of aliphatic hydroxyl groups excluding tert-OH is 1. The van der Waals surface area contributed by atoms with E-state index in [9.17, 15) is 5.11 Å². The van der Waals surface area contributed by atoms with Gasteiger partial charge in [-0.05, 0) is 40.2 Å². The van der Waals surface area contributed by atoms with E-state index in [4.69, 9.17) is 11.6 Å². The monoisotopic (exact) mass is 409 g/mol. The molecule has 0 bridgehead atoms. The van der Waals surface area contributed by atoms with E-state index < -0.39 is 0 Å². The molecule has 1 atom stereocenters. The van der Waals surface area contributed by atoms with Crippen LogP contribution in [0.2, 0.25) is 4.34 Å². The Hall–Kier alpha value is -0.0700. The van der Waals surface area contributed by atoms with Gasteiger partial charge < -0.3 is 10.4 Å². The summed E-state index contributed by atoms with van der Waals surface area (Å²) in [6, 6.07) is 9.59. The fourth-order valence-corrected chi connectivity index (χ4v) is 3.70. The molecule has 0 amide bonds. The van der Waals surface area contributed by atoms with Crippen LogP contribution in [0.25, 0.3) is 0 Å². The van der Waals surface area contributed by atoms with Gasteiger partial charge >= 0.3 is 0 Å². The standard InChI is InChI=1S/C12H10Br2ClNOS/c13-7-2-1-3-8(4-7)16-10(6-17)11-5-9(14)12(15)18-11/h1-5,10,16-17H,6H2. The van der Waals surface area contributed by atoms with Crippen molar-refractivity contribution in [2.24, 2.45) is 0 Å². The summed E-state index contributed by atoms with van der Waals surface area (Å²) in [5.74, 6) is 0. The molecule has 0 radical (unpaired) electrons. The highest BCUT2D eigenvalue weighted by Gasteiger charge is 2.15. The Balaban J connectivity index is 2.19. The molecule has 2 aromatic rings. The molecule has 1 aromatic carbocycles. The zero-order chi connectivity index (χ0) is 13.1. The van der Waals surface area contributed by atoms with Crippen LogP contribution in [-0.4, -0.2) is 11.7 Å². The van der Waals surface area contributed by atoms with Gasteiger partial charge in [0.05, 0.1) is 12.6 Å². The summed E-state index contributed by atoms with van der Waals surface area (Å²) >= 11 is 14.3. The molecule has 96 valence electrons. The summed E-state index contributed by atoms with van der Waals surface area (Å²) in [5.41, 5.74) is 0.948. The Morgan fingerprint density at radius 3 is 2.67 bits per heavy atom. The summed E-state index contributed by atoms with van der Waals surface area (Å²) in [4.78, 5) is 0.995. The van der Waals surface area contributed by atoms with Crippen molar-refractivity contribution in [2.75, 3.05) is 11.9 Å². The van der Waals surface area contributed by atoms with E-state index in [1.807, 2.05) is 30.3 Å². The van der Waals surface area contributed by atoms with E-state index >= 15 is 0 Å². The molecular formula is C12H10Br2ClNOS. The highest BCUT2D eigenvalue weighted by atomic mass is 79.9. The predicted molar refractivity (Wildman–Crippen MR) is 84.6 cm³/mol. The number of thiophene rings is 1. The van der Waals surface area contributed by atoms with Crippen molar-refractivity contribution in [3.63, 3.8) is 0 Å². The molecule has 0 spiro atoms. The van der Waals surface area contributed by atoms with Crippen LogP contribution in [-0.2, 0) is 0 Å². The molecular weight excluding hydrogens is 401 g/mol. The zero-order valence-corrected chi connectivity index (χ0v) is 13.9. The molecule has 2 rings (SSSR count). The second-order valence-corrected chi connectivity index (χ2v) is 7.12. The summed E-state index contributed by atoms with van der Waals surface area (Å²) in [5, 5.41) is 12.8. The van der Waals surface area contributed by atoms with Gasteiger partial charge in [0.1, 0.15) is 4.34 Å². The normalized spacial score (nSPS) is 12.4. The molecule has 18 heavy (non-hydrogen) atoms. The van der Waals surface area contributed by atoms with Gasteiger partial charge in [-0.2, -0.15) is 0 Å². The molecule has 0 aliphatic rings. The topological polar surface area (TPSA) is 32.3 Å². The van der Waals surface area contributed by atoms with E-state index in [1.165, 1.54) is 11.3 Å². The van der Waals surface area contributed by atoms with Gasteiger partial charge in [0.15, 0.2) is 0 Å². The number of benzene rings is 1. The summed E-state index contributed by atoms with van der Waals surface area (Å²) in [6.07, 6.45) is 0. The number of hydrogen-bond donors (Lipinski definition) is 2. The van der Waals surface area contributed by atoms with Crippen LogP contribution < -0.4 is 5.32 Å². The first-order valence-corrected chi connectivity index (χ1v) is 7.96. The quantitative estimate of drug-likeness (QED) is 0.736. The number of anilines is 1. The number of nitrogens with one attached hydrogen (secondary N) is 1. The maximum absolute atomic E-state index is 9.48. The first kappa shape index (κ1) is 14.3. The third-order valence-electron chi connectivity index (χ3n) is 2.36. The van der Waals surface area contributed by atoms with Gasteiger partial charge in [0.2, 0.25) is 0 Å². The highest BCUT2D eigenvalue weighted by Crippen LogP contribution is 2.36. The molecule has 6 heteroatoms. The molecule has 0 fully saturated rings. The summed E-state index contributed by atoms with van der Waals surface area (Å²) in [7, 11) is 0. The van der Waals surface area contributed by atoms with E-state index in [1.54, 1.807) is 0 Å². The van der Waals surface area contributed by atoms with Crippen molar-refractivity contribution in [1.29, 1.82) is 0 Å². The van der Waals surface area contributed by atoms with Crippen molar-refractivity contribution in [3.8, 4) is 0 Å². The first-order valence-electron chi connectivity index (χ1n) is 5.18. The minimum Gasteiger partial charge on any atom is -0.394 e. The second-order valence-electron chi connectivity index (χ2n) is 3.66. The molecule has 0 aliphatic heterocycles. The predicted octanol–water partition coefficient (Wildman–Crippen LogP) is 5.07. The Morgan fingerprint density at radius 2 is 2.11 bits per heavy atom. The van der Waals surface area contributed by atoms with E-state index in [-0.39, 0.29) is 12.6 Å². The van der Waals surface area contributed by atoms with Gasteiger partial charge in [-0.1, -0.05) is 33.6 Å². The largest absolute Gasteiger partial charge is 0.394 e. The number of halogens is 3. The smallest absolute Gasteiger partial charge is 0.107 e. The number of aliphatic hydroxyl groups is 1. The van der Waals surface area contributed by atoms with Crippen molar-refractivity contribution in [1.82, 2.24) is 0 Å². The summed E-state index contributed by atoms with van der Waals surface area (Å²) < 4.78 is 2.55. The molecule has 1 aromatic heterocycles. The lowest BCUT2D eigenvalue weighted by molar-refractivity contribution is 0.278. The molecule has 1 heterocycles. The Morgan fingerprint density at radius 1 is 1.33 bits per heavy atom. The van der Waals surface area contributed by atoms with Crippen LogP contribution in [0.4, 0.5) is 5.69 Å². The van der Waals surface area contributed by atoms with E-state index in [0.717, 1.165) is 19.5 Å².